The average molecular weight is 678 g/mol. The molecule has 254 valence electrons. The van der Waals surface area contributed by atoms with Gasteiger partial charge in [0.05, 0.1) is 27.9 Å². The quantitative estimate of drug-likeness (QED) is 0.161. The van der Waals surface area contributed by atoms with E-state index < -0.39 is 0 Å². The maximum Gasteiger partial charge on any atom is 0.220 e. The Bertz CT molecular complexity index is 2670. The van der Waals surface area contributed by atoms with Gasteiger partial charge in [0.15, 0.2) is 5.82 Å². The summed E-state index contributed by atoms with van der Waals surface area (Å²) in [6.07, 6.45) is 3.94. The monoisotopic (exact) mass is 677 g/mol. The molecule has 4 heterocycles. The van der Waals surface area contributed by atoms with Crippen LogP contribution in [0.2, 0.25) is 0 Å². The van der Waals surface area contributed by atoms with Crippen molar-refractivity contribution in [3.8, 4) is 22.9 Å². The van der Waals surface area contributed by atoms with Crippen LogP contribution in [0.1, 0.15) is 50.7 Å². The fraction of sp³-hybridized carbons (Fsp3) is 0.133. The SMILES string of the molecule is CC(C)c1cccc(C(C)C)c1-n1ccnc1-c1cccc(N(c2ccccc2)c2cccc3c2nc2n(-c4ccccc4)c4ccccc4n32)n1. The Hall–Kier alpha value is -6.47. The molecule has 0 amide bonds. The summed E-state index contributed by atoms with van der Waals surface area (Å²) in [5.41, 5.74) is 11.7. The number of hydrogen-bond acceptors (Lipinski definition) is 4. The molecule has 0 bridgehead atoms. The lowest BCUT2D eigenvalue weighted by Gasteiger charge is -2.25. The molecule has 9 aromatic rings. The summed E-state index contributed by atoms with van der Waals surface area (Å²) < 4.78 is 6.73. The zero-order valence-corrected chi connectivity index (χ0v) is 29.7. The van der Waals surface area contributed by atoms with E-state index in [0.29, 0.717) is 11.8 Å². The zero-order valence-electron chi connectivity index (χ0n) is 29.7. The molecule has 7 nitrogen and oxygen atoms in total. The van der Waals surface area contributed by atoms with Crippen LogP contribution in [0.4, 0.5) is 17.2 Å². The average Bonchev–Trinajstić information content (AvgIpc) is 3.90. The lowest BCUT2D eigenvalue weighted by Crippen LogP contribution is -2.13. The molecule has 5 aromatic carbocycles. The summed E-state index contributed by atoms with van der Waals surface area (Å²) in [6.45, 7) is 9.00. The smallest absolute Gasteiger partial charge is 0.220 e. The second-order valence-electron chi connectivity index (χ2n) is 13.8. The maximum absolute atomic E-state index is 5.42. The highest BCUT2D eigenvalue weighted by Crippen LogP contribution is 2.40. The van der Waals surface area contributed by atoms with Gasteiger partial charge in [-0.15, -0.1) is 0 Å². The number of aromatic nitrogens is 6. The minimum Gasteiger partial charge on any atom is -0.298 e. The molecule has 7 heteroatoms. The van der Waals surface area contributed by atoms with E-state index in [-0.39, 0.29) is 0 Å². The summed E-state index contributed by atoms with van der Waals surface area (Å²) in [6, 6.07) is 48.6. The fourth-order valence-corrected chi connectivity index (χ4v) is 7.53. The van der Waals surface area contributed by atoms with Crippen molar-refractivity contribution in [2.75, 3.05) is 4.90 Å². The van der Waals surface area contributed by atoms with Crippen molar-refractivity contribution in [1.82, 2.24) is 28.5 Å². The van der Waals surface area contributed by atoms with E-state index in [1.165, 1.54) is 16.8 Å². The largest absolute Gasteiger partial charge is 0.298 e. The Labute approximate surface area is 303 Å². The third-order valence-corrected chi connectivity index (χ3v) is 9.90. The van der Waals surface area contributed by atoms with Gasteiger partial charge in [0.2, 0.25) is 5.78 Å². The molecule has 9 rings (SSSR count). The highest BCUT2D eigenvalue weighted by Gasteiger charge is 2.24. The van der Waals surface area contributed by atoms with Crippen molar-refractivity contribution < 1.29 is 0 Å². The fourth-order valence-electron chi connectivity index (χ4n) is 7.53. The number of rotatable bonds is 8. The molecule has 0 aliphatic carbocycles. The first-order valence-corrected chi connectivity index (χ1v) is 17.9. The van der Waals surface area contributed by atoms with E-state index >= 15 is 0 Å². The summed E-state index contributed by atoms with van der Waals surface area (Å²) in [4.78, 5) is 17.9. The van der Waals surface area contributed by atoms with Gasteiger partial charge in [0.1, 0.15) is 17.0 Å². The number of fused-ring (bicyclic) bond motifs is 5. The standard InChI is InChI=1S/C45H39N7/c1-30(2)34-20-13-21-35(31(3)4)43(34)49-29-28-46-44(49)36-22-14-27-41(47-36)50(32-16-7-5-8-17-32)39-25-15-26-40-42(39)48-45-51(33-18-9-6-10-19-33)37-23-11-12-24-38(37)52(40)45/h5-31H,1-4H3. The van der Waals surface area contributed by atoms with E-state index in [9.17, 15) is 0 Å². The number of nitrogens with zero attached hydrogens (tertiary/aromatic N) is 7. The van der Waals surface area contributed by atoms with E-state index in [1.54, 1.807) is 0 Å². The van der Waals surface area contributed by atoms with Gasteiger partial charge in [-0.05, 0) is 83.6 Å². The van der Waals surface area contributed by atoms with Crippen molar-refractivity contribution >= 4 is 45.0 Å². The Morgan fingerprint density at radius 1 is 0.577 bits per heavy atom. The topological polar surface area (TPSA) is 56.2 Å². The highest BCUT2D eigenvalue weighted by atomic mass is 15.2. The van der Waals surface area contributed by atoms with Crippen LogP contribution in [0.25, 0.3) is 50.7 Å². The predicted molar refractivity (Wildman–Crippen MR) is 213 cm³/mol. The van der Waals surface area contributed by atoms with Crippen molar-refractivity contribution in [2.24, 2.45) is 0 Å². The molecule has 0 N–H and O–H groups in total. The molecule has 0 unspecified atom stereocenters. The van der Waals surface area contributed by atoms with Crippen LogP contribution in [0.3, 0.4) is 0 Å². The lowest BCUT2D eigenvalue weighted by molar-refractivity contribution is 0.806. The number of imidazole rings is 3. The molecule has 0 aliphatic rings. The van der Waals surface area contributed by atoms with Gasteiger partial charge in [0.25, 0.3) is 0 Å². The number of benzene rings is 5. The summed E-state index contributed by atoms with van der Waals surface area (Å²) >= 11 is 0. The summed E-state index contributed by atoms with van der Waals surface area (Å²) in [5.74, 6) is 3.13. The summed E-state index contributed by atoms with van der Waals surface area (Å²) in [5, 5.41) is 0. The van der Waals surface area contributed by atoms with Gasteiger partial charge in [-0.2, -0.15) is 0 Å². The second-order valence-corrected chi connectivity index (χ2v) is 13.8. The Balaban J connectivity index is 1.26. The van der Waals surface area contributed by atoms with Gasteiger partial charge < -0.3 is 0 Å². The molecule has 0 atom stereocenters. The minimum atomic E-state index is 0.346. The van der Waals surface area contributed by atoms with Gasteiger partial charge in [0, 0.05) is 23.8 Å². The third-order valence-electron chi connectivity index (χ3n) is 9.90. The van der Waals surface area contributed by atoms with Gasteiger partial charge in [-0.25, -0.2) is 15.0 Å². The van der Waals surface area contributed by atoms with Crippen molar-refractivity contribution in [1.29, 1.82) is 0 Å². The normalized spacial score (nSPS) is 11.8. The van der Waals surface area contributed by atoms with Crippen LogP contribution in [0.15, 0.2) is 152 Å². The first kappa shape index (κ1) is 31.5. The van der Waals surface area contributed by atoms with Gasteiger partial charge >= 0.3 is 0 Å². The van der Waals surface area contributed by atoms with Crippen molar-refractivity contribution in [3.63, 3.8) is 0 Å². The minimum absolute atomic E-state index is 0.346. The molecule has 0 saturated carbocycles. The summed E-state index contributed by atoms with van der Waals surface area (Å²) in [7, 11) is 0. The van der Waals surface area contributed by atoms with Crippen molar-refractivity contribution in [2.45, 2.75) is 39.5 Å². The van der Waals surface area contributed by atoms with Crippen LogP contribution in [0, 0.1) is 0 Å². The Morgan fingerprint density at radius 2 is 1.21 bits per heavy atom. The number of hydrogen-bond donors (Lipinski definition) is 0. The Kier molecular flexibility index (Phi) is 7.69. The van der Waals surface area contributed by atoms with Crippen molar-refractivity contribution in [3.05, 3.63) is 163 Å². The van der Waals surface area contributed by atoms with E-state index in [4.69, 9.17) is 15.0 Å². The van der Waals surface area contributed by atoms with Gasteiger partial charge in [-0.3, -0.25) is 18.4 Å². The van der Waals surface area contributed by atoms with Crippen LogP contribution >= 0.6 is 0 Å². The molecule has 0 aliphatic heterocycles. The first-order valence-electron chi connectivity index (χ1n) is 17.9. The Morgan fingerprint density at radius 3 is 1.94 bits per heavy atom. The molecule has 0 fully saturated rings. The van der Waals surface area contributed by atoms with E-state index in [1.807, 2.05) is 18.3 Å². The molecular formula is C45H39N7. The number of anilines is 3. The predicted octanol–water partition coefficient (Wildman–Crippen LogP) is 11.4. The number of pyridine rings is 1. The highest BCUT2D eigenvalue weighted by molar-refractivity contribution is 6.00. The van der Waals surface area contributed by atoms with Crippen LogP contribution in [-0.2, 0) is 0 Å². The van der Waals surface area contributed by atoms with Crippen LogP contribution < -0.4 is 4.90 Å². The number of para-hydroxylation sites is 6. The molecular weight excluding hydrogens is 639 g/mol. The zero-order chi connectivity index (χ0) is 35.3. The van der Waals surface area contributed by atoms with E-state index in [0.717, 1.165) is 62.2 Å². The van der Waals surface area contributed by atoms with Crippen LogP contribution in [0.5, 0.6) is 0 Å². The molecule has 0 spiro atoms. The third kappa shape index (κ3) is 5.08. The van der Waals surface area contributed by atoms with E-state index in [2.05, 4.69) is 180 Å². The molecule has 0 radical (unpaired) electrons. The lowest BCUT2D eigenvalue weighted by atomic mass is 9.92. The van der Waals surface area contributed by atoms with Gasteiger partial charge in [-0.1, -0.05) is 107 Å². The first-order chi connectivity index (χ1) is 25.5. The van der Waals surface area contributed by atoms with Crippen LogP contribution in [-0.4, -0.2) is 28.5 Å². The molecule has 0 saturated heterocycles. The second kappa shape index (κ2) is 12.7. The molecule has 4 aromatic heterocycles. The molecule has 52 heavy (non-hydrogen) atoms. The maximum atomic E-state index is 5.42.